The highest BCUT2D eigenvalue weighted by Gasteiger charge is 2.45. The Hall–Kier alpha value is -0.760. The highest BCUT2D eigenvalue weighted by atomic mass is 16.5. The molecule has 0 unspecified atom stereocenters. The van der Waals surface area contributed by atoms with Crippen LogP contribution in [0.5, 0.6) is 0 Å². The molecule has 2 heteroatoms. The van der Waals surface area contributed by atoms with E-state index in [0.717, 1.165) is 19.6 Å². The van der Waals surface area contributed by atoms with Crippen molar-refractivity contribution in [2.45, 2.75) is 18.1 Å². The molecule has 0 aromatic carbocycles. The van der Waals surface area contributed by atoms with Crippen molar-refractivity contribution in [3.05, 3.63) is 24.4 Å². The summed E-state index contributed by atoms with van der Waals surface area (Å²) < 4.78 is 5.60. The summed E-state index contributed by atoms with van der Waals surface area (Å²) in [7, 11) is 0. The second-order valence-electron chi connectivity index (χ2n) is 3.55. The minimum atomic E-state index is 0.249. The van der Waals surface area contributed by atoms with Gasteiger partial charge in [0, 0.05) is 13.0 Å². The normalized spacial score (nSPS) is 45.1. The van der Waals surface area contributed by atoms with Crippen LogP contribution in [0.2, 0.25) is 0 Å². The molecule has 3 rings (SSSR count). The molecule has 0 aromatic heterocycles. The lowest BCUT2D eigenvalue weighted by Gasteiger charge is -2.34. The van der Waals surface area contributed by atoms with Gasteiger partial charge in [0.05, 0.1) is 18.2 Å². The Morgan fingerprint density at radius 2 is 2.55 bits per heavy atom. The van der Waals surface area contributed by atoms with Gasteiger partial charge in [-0.1, -0.05) is 12.2 Å². The topological polar surface area (TPSA) is 12.5 Å². The Morgan fingerprint density at radius 3 is 3.55 bits per heavy atom. The minimum Gasteiger partial charge on any atom is -0.371 e. The Labute approximate surface area is 66.1 Å². The van der Waals surface area contributed by atoms with Crippen molar-refractivity contribution >= 4 is 0 Å². The molecule has 2 atom stereocenters. The molecule has 2 nitrogen and oxygen atoms in total. The van der Waals surface area contributed by atoms with Crippen LogP contribution in [0.3, 0.4) is 0 Å². The van der Waals surface area contributed by atoms with Crippen LogP contribution in [0, 0.1) is 0 Å². The van der Waals surface area contributed by atoms with Crippen molar-refractivity contribution in [3.63, 3.8) is 0 Å². The van der Waals surface area contributed by atoms with Crippen LogP contribution >= 0.6 is 0 Å². The highest BCUT2D eigenvalue weighted by molar-refractivity contribution is 5.25. The minimum absolute atomic E-state index is 0.249. The van der Waals surface area contributed by atoms with Gasteiger partial charge >= 0.3 is 0 Å². The fraction of sp³-hybridized carbons (Fsp3) is 0.556. The largest absolute Gasteiger partial charge is 0.371 e. The van der Waals surface area contributed by atoms with E-state index in [1.165, 1.54) is 0 Å². The average molecular weight is 149 g/mol. The molecule has 3 aliphatic rings. The number of fused-ring (bicyclic) bond motifs is 1. The van der Waals surface area contributed by atoms with E-state index in [-0.39, 0.29) is 5.54 Å². The lowest BCUT2D eigenvalue weighted by molar-refractivity contribution is 0.131. The summed E-state index contributed by atoms with van der Waals surface area (Å²) in [5, 5.41) is 0. The van der Waals surface area contributed by atoms with Crippen LogP contribution in [0.15, 0.2) is 24.4 Å². The first kappa shape index (κ1) is 5.84. The number of hydrogen-bond acceptors (Lipinski definition) is 2. The molecule has 0 radical (unpaired) electrons. The van der Waals surface area contributed by atoms with Crippen molar-refractivity contribution in [1.29, 1.82) is 0 Å². The van der Waals surface area contributed by atoms with Crippen molar-refractivity contribution < 1.29 is 4.74 Å². The van der Waals surface area contributed by atoms with E-state index in [4.69, 9.17) is 4.74 Å². The fourth-order valence-corrected chi connectivity index (χ4v) is 2.23. The van der Waals surface area contributed by atoms with Gasteiger partial charge in [-0.2, -0.15) is 0 Å². The van der Waals surface area contributed by atoms with E-state index in [1.807, 2.05) is 0 Å². The zero-order valence-electron chi connectivity index (χ0n) is 6.36. The Kier molecular flexibility index (Phi) is 0.899. The van der Waals surface area contributed by atoms with Gasteiger partial charge in [0.15, 0.2) is 0 Å². The molecule has 11 heavy (non-hydrogen) atoms. The molecule has 0 aromatic rings. The summed E-state index contributed by atoms with van der Waals surface area (Å²) >= 11 is 0. The molecule has 0 N–H and O–H groups in total. The molecule has 0 saturated carbocycles. The number of nitrogens with zero attached hydrogens (tertiary/aromatic N) is 1. The molecule has 0 aliphatic carbocycles. The van der Waals surface area contributed by atoms with Gasteiger partial charge in [0.2, 0.25) is 0 Å². The SMILES string of the molecule is C1=C[C@]23CO[C@@H](C=CN2C1)C3. The van der Waals surface area contributed by atoms with Crippen LogP contribution in [0.1, 0.15) is 6.42 Å². The molecule has 2 bridgehead atoms. The van der Waals surface area contributed by atoms with Crippen LogP contribution in [0.25, 0.3) is 0 Å². The predicted octanol–water partition coefficient (Wildman–Crippen LogP) is 0.913. The van der Waals surface area contributed by atoms with Crippen molar-refractivity contribution in [1.82, 2.24) is 4.90 Å². The molecule has 58 valence electrons. The summed E-state index contributed by atoms with van der Waals surface area (Å²) in [6.07, 6.45) is 10.4. The molecule has 1 spiro atoms. The molecule has 3 heterocycles. The van der Waals surface area contributed by atoms with Crippen LogP contribution in [-0.4, -0.2) is 29.7 Å². The molecule has 1 fully saturated rings. The number of rotatable bonds is 0. The van der Waals surface area contributed by atoms with Crippen LogP contribution in [-0.2, 0) is 4.74 Å². The first-order valence-corrected chi connectivity index (χ1v) is 4.13. The third-order valence-electron chi connectivity index (χ3n) is 2.88. The van der Waals surface area contributed by atoms with Crippen molar-refractivity contribution in [2.24, 2.45) is 0 Å². The first-order chi connectivity index (χ1) is 5.39. The molecule has 0 amide bonds. The second-order valence-corrected chi connectivity index (χ2v) is 3.55. The van der Waals surface area contributed by atoms with Crippen LogP contribution in [0.4, 0.5) is 0 Å². The van der Waals surface area contributed by atoms with E-state index in [2.05, 4.69) is 29.3 Å². The van der Waals surface area contributed by atoms with E-state index in [9.17, 15) is 0 Å². The van der Waals surface area contributed by atoms with E-state index in [1.54, 1.807) is 0 Å². The number of ether oxygens (including phenoxy) is 1. The standard InChI is InChI=1S/C9H11NO/c1-3-9-6-8(11-7-9)2-5-10(9)4-1/h1-3,5,8H,4,6-7H2/t8-,9-/m0/s1. The van der Waals surface area contributed by atoms with Gasteiger partial charge in [-0.3, -0.25) is 0 Å². The molecule has 1 saturated heterocycles. The first-order valence-electron chi connectivity index (χ1n) is 4.13. The Bertz CT molecular complexity index is 246. The highest BCUT2D eigenvalue weighted by Crippen LogP contribution is 2.38. The Morgan fingerprint density at radius 1 is 1.55 bits per heavy atom. The molecular formula is C9H11NO. The van der Waals surface area contributed by atoms with Gasteiger partial charge in [-0.05, 0) is 12.3 Å². The molecular weight excluding hydrogens is 138 g/mol. The summed E-state index contributed by atoms with van der Waals surface area (Å²) in [5.74, 6) is 0. The van der Waals surface area contributed by atoms with Gasteiger partial charge < -0.3 is 9.64 Å². The Balaban J connectivity index is 2.08. The lowest BCUT2D eigenvalue weighted by Crippen LogP contribution is -2.42. The van der Waals surface area contributed by atoms with Gasteiger partial charge in [-0.15, -0.1) is 0 Å². The maximum absolute atomic E-state index is 5.60. The monoisotopic (exact) mass is 149 g/mol. The maximum atomic E-state index is 5.60. The maximum Gasteiger partial charge on any atom is 0.0844 e. The molecule has 3 aliphatic heterocycles. The quantitative estimate of drug-likeness (QED) is 0.475. The summed E-state index contributed by atoms with van der Waals surface area (Å²) in [4.78, 5) is 2.37. The lowest BCUT2D eigenvalue weighted by atomic mass is 9.94. The zero-order chi connectivity index (χ0) is 7.31. The number of hydrogen-bond donors (Lipinski definition) is 0. The van der Waals surface area contributed by atoms with Crippen molar-refractivity contribution in [3.8, 4) is 0 Å². The summed E-state index contributed by atoms with van der Waals surface area (Å²) in [6, 6.07) is 0. The van der Waals surface area contributed by atoms with Gasteiger partial charge in [0.1, 0.15) is 0 Å². The second kappa shape index (κ2) is 1.69. The third-order valence-corrected chi connectivity index (χ3v) is 2.88. The van der Waals surface area contributed by atoms with Gasteiger partial charge in [-0.25, -0.2) is 0 Å². The predicted molar refractivity (Wildman–Crippen MR) is 42.1 cm³/mol. The van der Waals surface area contributed by atoms with Crippen LogP contribution < -0.4 is 0 Å². The van der Waals surface area contributed by atoms with E-state index >= 15 is 0 Å². The third kappa shape index (κ3) is 0.607. The average Bonchev–Trinajstić information content (AvgIpc) is 2.58. The summed E-state index contributed by atoms with van der Waals surface area (Å²) in [6.45, 7) is 1.94. The van der Waals surface area contributed by atoms with E-state index in [0.29, 0.717) is 6.10 Å². The van der Waals surface area contributed by atoms with Crippen molar-refractivity contribution in [2.75, 3.05) is 13.2 Å². The fourth-order valence-electron chi connectivity index (χ4n) is 2.23. The summed E-state index contributed by atoms with van der Waals surface area (Å²) in [5.41, 5.74) is 0.249. The van der Waals surface area contributed by atoms with Gasteiger partial charge in [0.25, 0.3) is 0 Å². The zero-order valence-corrected chi connectivity index (χ0v) is 6.36. The van der Waals surface area contributed by atoms with E-state index < -0.39 is 0 Å². The smallest absolute Gasteiger partial charge is 0.0844 e.